The van der Waals surface area contributed by atoms with Crippen molar-refractivity contribution in [3.8, 4) is 0 Å². The molecule has 0 saturated heterocycles. The van der Waals surface area contributed by atoms with Crippen molar-refractivity contribution in [2.45, 2.75) is 6.04 Å². The van der Waals surface area contributed by atoms with E-state index in [1.54, 1.807) is 17.4 Å². The number of hydrogen-bond acceptors (Lipinski definition) is 2. The van der Waals surface area contributed by atoms with E-state index in [9.17, 15) is 4.39 Å². The Morgan fingerprint density at radius 3 is 2.62 bits per heavy atom. The normalized spacial score (nSPS) is 12.8. The SMILES string of the molecule is NC(c1cscc1Br)c1ccc(F)cc1I. The van der Waals surface area contributed by atoms with Crippen LogP contribution in [0.1, 0.15) is 17.2 Å². The summed E-state index contributed by atoms with van der Waals surface area (Å²) in [6, 6.07) is 4.47. The van der Waals surface area contributed by atoms with Gasteiger partial charge < -0.3 is 5.73 Å². The van der Waals surface area contributed by atoms with Crippen molar-refractivity contribution in [3.05, 3.63) is 53.9 Å². The number of rotatable bonds is 2. The van der Waals surface area contributed by atoms with Crippen LogP contribution in [-0.4, -0.2) is 0 Å². The second-order valence-electron chi connectivity index (χ2n) is 3.32. The van der Waals surface area contributed by atoms with Gasteiger partial charge in [0, 0.05) is 13.4 Å². The van der Waals surface area contributed by atoms with Gasteiger partial charge in [-0.1, -0.05) is 6.07 Å². The van der Waals surface area contributed by atoms with Gasteiger partial charge in [0.15, 0.2) is 0 Å². The summed E-state index contributed by atoms with van der Waals surface area (Å²) in [5.74, 6) is -0.232. The Morgan fingerprint density at radius 1 is 1.31 bits per heavy atom. The van der Waals surface area contributed by atoms with Gasteiger partial charge in [-0.05, 0) is 67.2 Å². The van der Waals surface area contributed by atoms with Crippen LogP contribution in [0.4, 0.5) is 4.39 Å². The molecule has 0 aliphatic heterocycles. The number of thiophene rings is 1. The highest BCUT2D eigenvalue weighted by Gasteiger charge is 2.15. The maximum Gasteiger partial charge on any atom is 0.124 e. The van der Waals surface area contributed by atoms with Crippen molar-refractivity contribution in [2.24, 2.45) is 5.73 Å². The molecule has 1 atom stereocenters. The smallest absolute Gasteiger partial charge is 0.124 e. The predicted octanol–water partition coefficient (Wildman–Crippen LogP) is 4.30. The number of hydrogen-bond donors (Lipinski definition) is 1. The van der Waals surface area contributed by atoms with Gasteiger partial charge in [-0.3, -0.25) is 0 Å². The van der Waals surface area contributed by atoms with Crippen molar-refractivity contribution >= 4 is 49.9 Å². The molecule has 0 amide bonds. The minimum atomic E-state index is -0.232. The molecule has 0 aliphatic rings. The molecule has 0 saturated carbocycles. The molecule has 0 spiro atoms. The molecule has 1 aromatic carbocycles. The highest BCUT2D eigenvalue weighted by atomic mass is 127. The van der Waals surface area contributed by atoms with E-state index in [0.29, 0.717) is 0 Å². The number of halogens is 3. The van der Waals surface area contributed by atoms with Crippen molar-refractivity contribution in [3.63, 3.8) is 0 Å². The molecule has 0 aliphatic carbocycles. The Labute approximate surface area is 119 Å². The Hall–Kier alpha value is 0.0200. The Bertz CT molecular complexity index is 514. The maximum absolute atomic E-state index is 13.0. The Balaban J connectivity index is 2.41. The highest BCUT2D eigenvalue weighted by molar-refractivity contribution is 14.1. The van der Waals surface area contributed by atoms with Crippen LogP contribution >= 0.6 is 49.9 Å². The van der Waals surface area contributed by atoms with Gasteiger partial charge in [-0.2, -0.15) is 11.3 Å². The van der Waals surface area contributed by atoms with Crippen LogP contribution in [0, 0.1) is 9.39 Å². The maximum atomic E-state index is 13.0. The van der Waals surface area contributed by atoms with Gasteiger partial charge in [0.1, 0.15) is 5.82 Å². The topological polar surface area (TPSA) is 26.0 Å². The largest absolute Gasteiger partial charge is 0.320 e. The minimum absolute atomic E-state index is 0.215. The van der Waals surface area contributed by atoms with Crippen LogP contribution < -0.4 is 5.73 Å². The molecule has 0 fully saturated rings. The second-order valence-corrected chi connectivity index (χ2v) is 6.08. The molecule has 2 N–H and O–H groups in total. The van der Waals surface area contributed by atoms with Crippen LogP contribution in [0.5, 0.6) is 0 Å². The zero-order valence-electron chi connectivity index (χ0n) is 8.08. The van der Waals surface area contributed by atoms with Crippen LogP contribution in [0.3, 0.4) is 0 Å². The first-order valence-corrected chi connectivity index (χ1v) is 7.33. The molecule has 2 rings (SSSR count). The van der Waals surface area contributed by atoms with Crippen LogP contribution in [0.2, 0.25) is 0 Å². The van der Waals surface area contributed by atoms with E-state index in [0.717, 1.165) is 19.2 Å². The lowest BCUT2D eigenvalue weighted by atomic mass is 10.0. The van der Waals surface area contributed by atoms with Crippen molar-refractivity contribution in [2.75, 3.05) is 0 Å². The third-order valence-corrected chi connectivity index (χ3v) is 4.96. The fraction of sp³-hybridized carbons (Fsp3) is 0.0909. The molecule has 1 aromatic heterocycles. The van der Waals surface area contributed by atoms with Crippen LogP contribution in [-0.2, 0) is 0 Å². The van der Waals surface area contributed by atoms with Gasteiger partial charge in [-0.25, -0.2) is 4.39 Å². The summed E-state index contributed by atoms with van der Waals surface area (Å²) in [5, 5.41) is 4.00. The average Bonchev–Trinajstić information content (AvgIpc) is 2.63. The van der Waals surface area contributed by atoms with E-state index in [-0.39, 0.29) is 11.9 Å². The number of nitrogens with two attached hydrogens (primary N) is 1. The minimum Gasteiger partial charge on any atom is -0.320 e. The molecular weight excluding hydrogens is 404 g/mol. The molecule has 5 heteroatoms. The lowest BCUT2D eigenvalue weighted by molar-refractivity contribution is 0.625. The molecule has 2 aromatic rings. The van der Waals surface area contributed by atoms with Crippen LogP contribution in [0.15, 0.2) is 33.4 Å². The number of benzene rings is 1. The summed E-state index contributed by atoms with van der Waals surface area (Å²) < 4.78 is 14.8. The first-order chi connectivity index (χ1) is 7.59. The average molecular weight is 412 g/mol. The quantitative estimate of drug-likeness (QED) is 0.732. The molecule has 0 bridgehead atoms. The fourth-order valence-corrected chi connectivity index (χ4v) is 3.83. The summed E-state index contributed by atoms with van der Waals surface area (Å²) in [4.78, 5) is 0. The van der Waals surface area contributed by atoms with Crippen molar-refractivity contribution in [1.82, 2.24) is 0 Å². The molecule has 84 valence electrons. The van der Waals surface area contributed by atoms with Crippen LogP contribution in [0.25, 0.3) is 0 Å². The zero-order chi connectivity index (χ0) is 11.7. The van der Waals surface area contributed by atoms with E-state index < -0.39 is 0 Å². The third-order valence-electron chi connectivity index (χ3n) is 2.27. The zero-order valence-corrected chi connectivity index (χ0v) is 12.6. The summed E-state index contributed by atoms with van der Waals surface area (Å²) in [6.45, 7) is 0. The highest BCUT2D eigenvalue weighted by Crippen LogP contribution is 2.32. The predicted molar refractivity (Wildman–Crippen MR) is 77.2 cm³/mol. The fourth-order valence-electron chi connectivity index (χ4n) is 1.43. The monoisotopic (exact) mass is 411 g/mol. The summed E-state index contributed by atoms with van der Waals surface area (Å²) in [5.41, 5.74) is 8.14. The van der Waals surface area contributed by atoms with Gasteiger partial charge >= 0.3 is 0 Å². The summed E-state index contributed by atoms with van der Waals surface area (Å²) in [6.07, 6.45) is 0. The van der Waals surface area contributed by atoms with Crippen molar-refractivity contribution < 1.29 is 4.39 Å². The second kappa shape index (κ2) is 5.12. The van der Waals surface area contributed by atoms with E-state index >= 15 is 0 Å². The van der Waals surface area contributed by atoms with Gasteiger partial charge in [0.2, 0.25) is 0 Å². The molecule has 1 heterocycles. The first-order valence-electron chi connectivity index (χ1n) is 4.51. The lowest BCUT2D eigenvalue weighted by Crippen LogP contribution is -2.13. The van der Waals surface area contributed by atoms with Gasteiger partial charge in [0.25, 0.3) is 0 Å². The van der Waals surface area contributed by atoms with Crippen molar-refractivity contribution in [1.29, 1.82) is 0 Å². The van der Waals surface area contributed by atoms with E-state index in [2.05, 4.69) is 38.5 Å². The summed E-state index contributed by atoms with van der Waals surface area (Å²) >= 11 is 7.16. The van der Waals surface area contributed by atoms with E-state index in [4.69, 9.17) is 5.73 Å². The van der Waals surface area contributed by atoms with Gasteiger partial charge in [0.05, 0.1) is 6.04 Å². The van der Waals surface area contributed by atoms with E-state index in [1.807, 2.05) is 10.8 Å². The Morgan fingerprint density at radius 2 is 2.06 bits per heavy atom. The van der Waals surface area contributed by atoms with Gasteiger partial charge in [-0.15, -0.1) is 0 Å². The Kier molecular flexibility index (Phi) is 3.99. The standard InChI is InChI=1S/C11H8BrFINS/c12-9-5-16-4-8(9)11(15)7-2-1-6(13)3-10(7)14/h1-5,11H,15H2. The molecule has 16 heavy (non-hydrogen) atoms. The molecular formula is C11H8BrFINS. The van der Waals surface area contributed by atoms with E-state index in [1.165, 1.54) is 12.1 Å². The molecule has 1 nitrogen and oxygen atoms in total. The first kappa shape index (κ1) is 12.5. The summed E-state index contributed by atoms with van der Waals surface area (Å²) in [7, 11) is 0. The molecule has 1 unspecified atom stereocenters. The third kappa shape index (κ3) is 2.47. The lowest BCUT2D eigenvalue weighted by Gasteiger charge is -2.13. The molecule has 0 radical (unpaired) electrons.